The number of aromatic nitrogens is 1. The van der Waals surface area contributed by atoms with E-state index >= 15 is 0 Å². The Morgan fingerprint density at radius 2 is 2.00 bits per heavy atom. The van der Waals surface area contributed by atoms with Crippen LogP contribution >= 0.6 is 38.5 Å². The highest BCUT2D eigenvalue weighted by Crippen LogP contribution is 2.34. The lowest BCUT2D eigenvalue weighted by Crippen LogP contribution is -2.03. The summed E-state index contributed by atoms with van der Waals surface area (Å²) in [5.41, 5.74) is 4.53. The number of halogens is 2. The molecular formula is C21H18BrIN4O4. The number of benzene rings is 2. The maximum atomic E-state index is 10.7. The van der Waals surface area contributed by atoms with Crippen molar-refractivity contribution in [2.24, 2.45) is 5.10 Å². The van der Waals surface area contributed by atoms with Gasteiger partial charge in [0, 0.05) is 10.5 Å². The number of nitrogens with one attached hydrogen (secondary N) is 1. The van der Waals surface area contributed by atoms with Gasteiger partial charge in [0.1, 0.15) is 18.6 Å². The Bertz CT molecular complexity index is 1080. The summed E-state index contributed by atoms with van der Waals surface area (Å²) in [7, 11) is 0. The molecular weight excluding hydrogens is 579 g/mol. The van der Waals surface area contributed by atoms with Crippen LogP contribution in [0.3, 0.4) is 0 Å². The Morgan fingerprint density at radius 3 is 2.65 bits per heavy atom. The quantitative estimate of drug-likeness (QED) is 0.145. The Hall–Kier alpha value is -2.73. The van der Waals surface area contributed by atoms with Crippen LogP contribution in [0.5, 0.6) is 11.5 Å². The third kappa shape index (κ3) is 6.62. The van der Waals surface area contributed by atoms with E-state index in [2.05, 4.69) is 54.0 Å². The summed E-state index contributed by atoms with van der Waals surface area (Å²) >= 11 is 5.63. The Kier molecular flexibility index (Phi) is 8.18. The van der Waals surface area contributed by atoms with Crippen LogP contribution in [0.15, 0.2) is 64.3 Å². The molecule has 0 bridgehead atoms. The van der Waals surface area contributed by atoms with Crippen molar-refractivity contribution in [3.8, 4) is 11.5 Å². The average molecular weight is 597 g/mol. The number of hydrazone groups is 1. The molecule has 0 aliphatic carbocycles. The standard InChI is InChI=1S/C21H18BrIN4O4/c1-2-30-19-10-15(11-25-26-20-8-7-17(12-24-20)27(28)29)9-18(23)21(19)31-13-14-3-5-16(22)6-4-14/h3-12H,2,13H2,1H3,(H,24,26)/b25-11+. The zero-order valence-electron chi connectivity index (χ0n) is 16.4. The molecule has 0 saturated heterocycles. The summed E-state index contributed by atoms with van der Waals surface area (Å²) in [6, 6.07) is 14.6. The van der Waals surface area contributed by atoms with E-state index in [9.17, 15) is 10.1 Å². The molecule has 1 aromatic heterocycles. The second-order valence-corrected chi connectivity index (χ2v) is 8.28. The van der Waals surface area contributed by atoms with Crippen LogP contribution in [0.1, 0.15) is 18.1 Å². The van der Waals surface area contributed by atoms with Crippen molar-refractivity contribution in [1.82, 2.24) is 4.98 Å². The normalized spacial score (nSPS) is 10.8. The molecule has 0 atom stereocenters. The van der Waals surface area contributed by atoms with Gasteiger partial charge in [-0.15, -0.1) is 0 Å². The first kappa shape index (κ1) is 22.9. The average Bonchev–Trinajstić information content (AvgIpc) is 2.75. The first-order valence-corrected chi connectivity index (χ1v) is 11.1. The molecule has 31 heavy (non-hydrogen) atoms. The van der Waals surface area contributed by atoms with Gasteiger partial charge in [0.05, 0.1) is 21.3 Å². The van der Waals surface area contributed by atoms with Crippen molar-refractivity contribution in [1.29, 1.82) is 0 Å². The molecule has 0 unspecified atom stereocenters. The van der Waals surface area contributed by atoms with E-state index in [-0.39, 0.29) is 5.69 Å². The lowest BCUT2D eigenvalue weighted by Gasteiger charge is -2.15. The molecule has 160 valence electrons. The van der Waals surface area contributed by atoms with Crippen molar-refractivity contribution >= 4 is 56.2 Å². The first-order valence-electron chi connectivity index (χ1n) is 9.19. The summed E-state index contributed by atoms with van der Waals surface area (Å²) in [5, 5.41) is 14.8. The Balaban J connectivity index is 1.71. The van der Waals surface area contributed by atoms with Gasteiger partial charge >= 0.3 is 0 Å². The van der Waals surface area contributed by atoms with Crippen LogP contribution in [0, 0.1) is 13.7 Å². The topological polar surface area (TPSA) is 98.9 Å². The third-order valence-corrected chi connectivity index (χ3v) is 5.31. The molecule has 2 aromatic carbocycles. The lowest BCUT2D eigenvalue weighted by molar-refractivity contribution is -0.385. The predicted octanol–water partition coefficient (Wildman–Crippen LogP) is 5.78. The smallest absolute Gasteiger partial charge is 0.287 e. The van der Waals surface area contributed by atoms with Crippen LogP contribution in [-0.2, 0) is 6.61 Å². The zero-order chi connectivity index (χ0) is 22.2. The molecule has 1 heterocycles. The number of nitro groups is 1. The molecule has 0 aliphatic rings. The Morgan fingerprint density at radius 1 is 1.23 bits per heavy atom. The van der Waals surface area contributed by atoms with Crippen molar-refractivity contribution in [2.75, 3.05) is 12.0 Å². The minimum atomic E-state index is -0.502. The van der Waals surface area contributed by atoms with E-state index in [0.29, 0.717) is 30.5 Å². The van der Waals surface area contributed by atoms with Gasteiger partial charge < -0.3 is 9.47 Å². The van der Waals surface area contributed by atoms with Crippen LogP contribution in [0.2, 0.25) is 0 Å². The molecule has 0 aliphatic heterocycles. The molecule has 0 amide bonds. The van der Waals surface area contributed by atoms with Gasteiger partial charge in [-0.2, -0.15) is 5.10 Å². The van der Waals surface area contributed by atoms with Gasteiger partial charge in [0.25, 0.3) is 5.69 Å². The Labute approximate surface area is 201 Å². The summed E-state index contributed by atoms with van der Waals surface area (Å²) in [6.45, 7) is 2.83. The minimum absolute atomic E-state index is 0.0795. The fraction of sp³-hybridized carbons (Fsp3) is 0.143. The number of nitrogens with zero attached hydrogens (tertiary/aromatic N) is 3. The number of rotatable bonds is 9. The summed E-state index contributed by atoms with van der Waals surface area (Å²) in [6.07, 6.45) is 2.79. The van der Waals surface area contributed by atoms with Crippen molar-refractivity contribution < 1.29 is 14.4 Å². The van der Waals surface area contributed by atoms with Gasteiger partial charge in [-0.3, -0.25) is 15.5 Å². The third-order valence-electron chi connectivity index (χ3n) is 3.98. The van der Waals surface area contributed by atoms with E-state index in [4.69, 9.17) is 9.47 Å². The molecule has 8 nitrogen and oxygen atoms in total. The van der Waals surface area contributed by atoms with Crippen LogP contribution in [-0.4, -0.2) is 22.7 Å². The monoisotopic (exact) mass is 596 g/mol. The van der Waals surface area contributed by atoms with Crippen LogP contribution in [0.25, 0.3) is 0 Å². The summed E-state index contributed by atoms with van der Waals surface area (Å²) in [4.78, 5) is 14.1. The lowest BCUT2D eigenvalue weighted by atomic mass is 10.2. The van der Waals surface area contributed by atoms with Crippen molar-refractivity contribution in [2.45, 2.75) is 13.5 Å². The van der Waals surface area contributed by atoms with E-state index in [1.807, 2.05) is 43.3 Å². The van der Waals surface area contributed by atoms with Crippen molar-refractivity contribution in [3.05, 3.63) is 84.0 Å². The van der Waals surface area contributed by atoms with Gasteiger partial charge in [-0.05, 0) is 71.0 Å². The highest BCUT2D eigenvalue weighted by molar-refractivity contribution is 14.1. The van der Waals surface area contributed by atoms with E-state index < -0.39 is 4.92 Å². The maximum Gasteiger partial charge on any atom is 0.287 e. The number of anilines is 1. The SMILES string of the molecule is CCOc1cc(/C=N/Nc2ccc([N+](=O)[O-])cn2)cc(I)c1OCc1ccc(Br)cc1. The fourth-order valence-electron chi connectivity index (χ4n) is 2.53. The maximum absolute atomic E-state index is 10.7. The van der Waals surface area contributed by atoms with Gasteiger partial charge in [-0.1, -0.05) is 28.1 Å². The van der Waals surface area contributed by atoms with Gasteiger partial charge in [0.15, 0.2) is 11.5 Å². The van der Waals surface area contributed by atoms with E-state index in [1.54, 1.807) is 6.21 Å². The molecule has 10 heteroatoms. The van der Waals surface area contributed by atoms with Gasteiger partial charge in [-0.25, -0.2) is 4.98 Å². The zero-order valence-corrected chi connectivity index (χ0v) is 20.2. The van der Waals surface area contributed by atoms with E-state index in [1.165, 1.54) is 18.3 Å². The highest BCUT2D eigenvalue weighted by atomic mass is 127. The van der Waals surface area contributed by atoms with Gasteiger partial charge in [0.2, 0.25) is 0 Å². The largest absolute Gasteiger partial charge is 0.490 e. The number of hydrogen-bond acceptors (Lipinski definition) is 7. The van der Waals surface area contributed by atoms with Crippen LogP contribution < -0.4 is 14.9 Å². The van der Waals surface area contributed by atoms with E-state index in [0.717, 1.165) is 19.2 Å². The minimum Gasteiger partial charge on any atom is -0.490 e. The van der Waals surface area contributed by atoms with Crippen LogP contribution in [0.4, 0.5) is 11.5 Å². The molecule has 1 N–H and O–H groups in total. The number of pyridine rings is 1. The molecule has 3 aromatic rings. The molecule has 0 radical (unpaired) electrons. The predicted molar refractivity (Wildman–Crippen MR) is 131 cm³/mol. The summed E-state index contributed by atoms with van der Waals surface area (Å²) in [5.74, 6) is 1.70. The number of ether oxygens (including phenoxy) is 2. The molecule has 0 spiro atoms. The highest BCUT2D eigenvalue weighted by Gasteiger charge is 2.12. The second-order valence-electron chi connectivity index (χ2n) is 6.21. The second kappa shape index (κ2) is 11.0. The summed E-state index contributed by atoms with van der Waals surface area (Å²) < 4.78 is 13.7. The first-order chi connectivity index (χ1) is 15.0. The molecule has 0 saturated carbocycles. The molecule has 0 fully saturated rings. The van der Waals surface area contributed by atoms with Crippen molar-refractivity contribution in [3.63, 3.8) is 0 Å². The fourth-order valence-corrected chi connectivity index (χ4v) is 3.58. The molecule has 3 rings (SSSR count). The number of hydrogen-bond donors (Lipinski definition) is 1.